The van der Waals surface area contributed by atoms with E-state index in [1.807, 2.05) is 42.5 Å². The lowest BCUT2D eigenvalue weighted by Crippen LogP contribution is -2.24. The predicted octanol–water partition coefficient (Wildman–Crippen LogP) is 4.94. The molecule has 0 radical (unpaired) electrons. The van der Waals surface area contributed by atoms with Crippen molar-refractivity contribution in [2.45, 2.75) is 6.54 Å². The highest BCUT2D eigenvalue weighted by molar-refractivity contribution is 7.13. The Hall–Kier alpha value is -2.37. The summed E-state index contributed by atoms with van der Waals surface area (Å²) in [4.78, 5) is 16.1. The van der Waals surface area contributed by atoms with Crippen LogP contribution in [0.2, 0.25) is 0 Å². The second-order valence-corrected chi connectivity index (χ2v) is 6.52. The topological polar surface area (TPSA) is 51.2 Å². The number of rotatable bonds is 6. The lowest BCUT2D eigenvalue weighted by atomic mass is 10.1. The smallest absolute Gasteiger partial charge is 0.407 e. The van der Waals surface area contributed by atoms with E-state index in [0.717, 1.165) is 27.4 Å². The van der Waals surface area contributed by atoms with Gasteiger partial charge in [0.15, 0.2) is 0 Å². The van der Waals surface area contributed by atoms with Crippen LogP contribution in [0.3, 0.4) is 0 Å². The fourth-order valence-corrected chi connectivity index (χ4v) is 3.18. The average Bonchev–Trinajstić information content (AvgIpc) is 3.16. The maximum Gasteiger partial charge on any atom is 0.407 e. The number of benzene rings is 2. The minimum atomic E-state index is -0.461. The zero-order valence-electron chi connectivity index (χ0n) is 13.4. The summed E-state index contributed by atoms with van der Waals surface area (Å²) in [7, 11) is 0. The van der Waals surface area contributed by atoms with Crippen LogP contribution in [0.5, 0.6) is 0 Å². The minimum absolute atomic E-state index is 0.208. The van der Waals surface area contributed by atoms with Crippen molar-refractivity contribution in [2.24, 2.45) is 0 Å². The predicted molar refractivity (Wildman–Crippen MR) is 102 cm³/mol. The Kier molecular flexibility index (Phi) is 6.04. The number of alkyl carbamates (subject to hydrolysis) is 1. The summed E-state index contributed by atoms with van der Waals surface area (Å²) >= 11 is 7.09. The standard InChI is InChI=1S/C19H17ClN2O2S/c20-10-11-24-19(23)21-12-14-6-8-16(9-7-14)18-22-17(13-25-18)15-4-2-1-3-5-15/h1-9,13H,10-12H2,(H,21,23). The van der Waals surface area contributed by atoms with Gasteiger partial charge in [0.25, 0.3) is 0 Å². The van der Waals surface area contributed by atoms with Gasteiger partial charge >= 0.3 is 6.09 Å². The molecule has 0 aliphatic carbocycles. The van der Waals surface area contributed by atoms with Gasteiger partial charge in [-0.15, -0.1) is 22.9 Å². The van der Waals surface area contributed by atoms with Gasteiger partial charge in [0.2, 0.25) is 0 Å². The highest BCUT2D eigenvalue weighted by atomic mass is 35.5. The zero-order valence-corrected chi connectivity index (χ0v) is 15.0. The molecule has 0 aliphatic rings. The fraction of sp³-hybridized carbons (Fsp3) is 0.158. The zero-order chi connectivity index (χ0) is 17.5. The first-order chi connectivity index (χ1) is 12.3. The number of alkyl halides is 1. The number of thiazole rings is 1. The Labute approximate surface area is 155 Å². The molecule has 128 valence electrons. The molecule has 0 saturated heterocycles. The Morgan fingerprint density at radius 3 is 2.56 bits per heavy atom. The fourth-order valence-electron chi connectivity index (χ4n) is 2.27. The van der Waals surface area contributed by atoms with Gasteiger partial charge in [-0.05, 0) is 5.56 Å². The van der Waals surface area contributed by atoms with Crippen molar-refractivity contribution in [1.82, 2.24) is 10.3 Å². The summed E-state index contributed by atoms with van der Waals surface area (Å²) in [6.07, 6.45) is -0.461. The molecule has 0 aliphatic heterocycles. The maximum atomic E-state index is 11.4. The van der Waals surface area contributed by atoms with Crippen molar-refractivity contribution in [3.63, 3.8) is 0 Å². The van der Waals surface area contributed by atoms with E-state index in [0.29, 0.717) is 12.4 Å². The number of hydrogen-bond acceptors (Lipinski definition) is 4. The molecule has 0 atom stereocenters. The summed E-state index contributed by atoms with van der Waals surface area (Å²) in [5.74, 6) is 0.293. The van der Waals surface area contributed by atoms with E-state index in [-0.39, 0.29) is 6.61 Å². The third-order valence-electron chi connectivity index (χ3n) is 3.52. The van der Waals surface area contributed by atoms with Crippen molar-refractivity contribution < 1.29 is 9.53 Å². The van der Waals surface area contributed by atoms with Crippen molar-refractivity contribution >= 4 is 29.0 Å². The SMILES string of the molecule is O=C(NCc1ccc(-c2nc(-c3ccccc3)cs2)cc1)OCCCl. The molecule has 1 heterocycles. The second kappa shape index (κ2) is 8.65. The van der Waals surface area contributed by atoms with Gasteiger partial charge in [-0.3, -0.25) is 0 Å². The van der Waals surface area contributed by atoms with Crippen LogP contribution >= 0.6 is 22.9 Å². The van der Waals surface area contributed by atoms with Gasteiger partial charge < -0.3 is 10.1 Å². The Bertz CT molecular complexity index is 819. The molecule has 1 aromatic heterocycles. The van der Waals surface area contributed by atoms with Crippen LogP contribution in [0.25, 0.3) is 21.8 Å². The first kappa shape index (κ1) is 17.5. The van der Waals surface area contributed by atoms with Crippen molar-refractivity contribution in [1.29, 1.82) is 0 Å². The molecule has 4 nitrogen and oxygen atoms in total. The molecule has 0 saturated carbocycles. The number of carbonyl (C=O) groups is 1. The summed E-state index contributed by atoms with van der Waals surface area (Å²) in [6, 6.07) is 18.1. The molecule has 2 aromatic carbocycles. The number of nitrogens with one attached hydrogen (secondary N) is 1. The Balaban J connectivity index is 1.63. The normalized spacial score (nSPS) is 10.4. The molecule has 1 N–H and O–H groups in total. The quantitative estimate of drug-likeness (QED) is 0.623. The average molecular weight is 373 g/mol. The number of nitrogens with zero attached hydrogens (tertiary/aromatic N) is 1. The number of halogens is 1. The van der Waals surface area contributed by atoms with Gasteiger partial charge in [0.1, 0.15) is 11.6 Å². The van der Waals surface area contributed by atoms with Crippen LogP contribution in [0.1, 0.15) is 5.56 Å². The molecule has 0 unspecified atom stereocenters. The first-order valence-electron chi connectivity index (χ1n) is 7.83. The number of amides is 1. The van der Waals surface area contributed by atoms with Crippen molar-refractivity contribution in [3.05, 3.63) is 65.5 Å². The number of hydrogen-bond donors (Lipinski definition) is 1. The lowest BCUT2D eigenvalue weighted by molar-refractivity contribution is 0.152. The second-order valence-electron chi connectivity index (χ2n) is 5.28. The van der Waals surface area contributed by atoms with Crippen LogP contribution < -0.4 is 5.32 Å². The van der Waals surface area contributed by atoms with Gasteiger partial charge in [-0.1, -0.05) is 54.6 Å². The van der Waals surface area contributed by atoms with Crippen LogP contribution in [0.15, 0.2) is 60.0 Å². The molecular weight excluding hydrogens is 356 g/mol. The van der Waals surface area contributed by atoms with Gasteiger partial charge in [-0.25, -0.2) is 9.78 Å². The van der Waals surface area contributed by atoms with Crippen LogP contribution in [0, 0.1) is 0 Å². The van der Waals surface area contributed by atoms with E-state index < -0.39 is 6.09 Å². The third kappa shape index (κ3) is 4.81. The molecule has 6 heteroatoms. The van der Waals surface area contributed by atoms with E-state index in [2.05, 4.69) is 22.8 Å². The van der Waals surface area contributed by atoms with Crippen LogP contribution in [-0.4, -0.2) is 23.6 Å². The van der Waals surface area contributed by atoms with E-state index in [4.69, 9.17) is 21.3 Å². The van der Waals surface area contributed by atoms with Crippen LogP contribution in [-0.2, 0) is 11.3 Å². The van der Waals surface area contributed by atoms with Gasteiger partial charge in [0.05, 0.1) is 11.6 Å². The number of ether oxygens (including phenoxy) is 1. The Morgan fingerprint density at radius 2 is 1.84 bits per heavy atom. The molecule has 3 aromatic rings. The lowest BCUT2D eigenvalue weighted by Gasteiger charge is -2.06. The third-order valence-corrected chi connectivity index (χ3v) is 4.57. The van der Waals surface area contributed by atoms with E-state index in [9.17, 15) is 4.79 Å². The molecule has 0 fully saturated rings. The van der Waals surface area contributed by atoms with Crippen molar-refractivity contribution in [3.8, 4) is 21.8 Å². The largest absolute Gasteiger partial charge is 0.448 e. The van der Waals surface area contributed by atoms with E-state index in [1.54, 1.807) is 11.3 Å². The summed E-state index contributed by atoms with van der Waals surface area (Å²) in [5.41, 5.74) is 4.14. The molecule has 0 bridgehead atoms. The molecule has 3 rings (SSSR count). The summed E-state index contributed by atoms with van der Waals surface area (Å²) in [6.45, 7) is 0.620. The highest BCUT2D eigenvalue weighted by Crippen LogP contribution is 2.28. The first-order valence-corrected chi connectivity index (χ1v) is 9.24. The van der Waals surface area contributed by atoms with Gasteiger partial charge in [0, 0.05) is 23.1 Å². The van der Waals surface area contributed by atoms with E-state index >= 15 is 0 Å². The molecule has 25 heavy (non-hydrogen) atoms. The summed E-state index contributed by atoms with van der Waals surface area (Å²) < 4.78 is 4.86. The monoisotopic (exact) mass is 372 g/mol. The summed E-state index contributed by atoms with van der Waals surface area (Å²) in [5, 5.41) is 5.72. The number of aromatic nitrogens is 1. The minimum Gasteiger partial charge on any atom is -0.448 e. The van der Waals surface area contributed by atoms with Gasteiger partial charge in [-0.2, -0.15) is 0 Å². The molecular formula is C19H17ClN2O2S. The highest BCUT2D eigenvalue weighted by Gasteiger charge is 2.07. The number of carbonyl (C=O) groups excluding carboxylic acids is 1. The molecule has 0 spiro atoms. The van der Waals surface area contributed by atoms with Crippen LogP contribution in [0.4, 0.5) is 4.79 Å². The maximum absolute atomic E-state index is 11.4. The molecule has 1 amide bonds. The van der Waals surface area contributed by atoms with E-state index in [1.165, 1.54) is 0 Å². The van der Waals surface area contributed by atoms with Crippen molar-refractivity contribution in [2.75, 3.05) is 12.5 Å². The Morgan fingerprint density at radius 1 is 1.08 bits per heavy atom.